The number of halogens is 1. The van der Waals surface area contributed by atoms with Crippen molar-refractivity contribution in [2.75, 3.05) is 7.11 Å². The van der Waals surface area contributed by atoms with Crippen LogP contribution < -0.4 is 14.9 Å². The van der Waals surface area contributed by atoms with Crippen molar-refractivity contribution < 1.29 is 19.4 Å². The van der Waals surface area contributed by atoms with E-state index in [1.54, 1.807) is 36.4 Å². The Labute approximate surface area is 176 Å². The molecule has 29 heavy (non-hydrogen) atoms. The van der Waals surface area contributed by atoms with Crippen LogP contribution in [0.1, 0.15) is 21.5 Å². The molecule has 6 nitrogen and oxygen atoms in total. The molecule has 0 saturated carbocycles. The van der Waals surface area contributed by atoms with E-state index in [-0.39, 0.29) is 5.75 Å². The van der Waals surface area contributed by atoms with Crippen LogP contribution in [0.5, 0.6) is 17.2 Å². The van der Waals surface area contributed by atoms with Gasteiger partial charge in [-0.1, -0.05) is 58.4 Å². The molecule has 0 spiro atoms. The predicted molar refractivity (Wildman–Crippen MR) is 115 cm³/mol. The molecule has 148 valence electrons. The largest absolute Gasteiger partial charge is 0.504 e. The summed E-state index contributed by atoms with van der Waals surface area (Å²) < 4.78 is 11.6. The predicted octanol–water partition coefficient (Wildman–Crippen LogP) is 4.51. The number of methoxy groups -OCH3 is 1. The van der Waals surface area contributed by atoms with Crippen molar-refractivity contribution in [3.63, 3.8) is 0 Å². The Hall–Kier alpha value is -3.32. The number of carbonyl (C=O) groups excluding carboxylic acids is 1. The van der Waals surface area contributed by atoms with Gasteiger partial charge >= 0.3 is 0 Å². The Balaban J connectivity index is 1.70. The van der Waals surface area contributed by atoms with Gasteiger partial charge in [0.25, 0.3) is 5.91 Å². The first-order chi connectivity index (χ1) is 14.1. The van der Waals surface area contributed by atoms with E-state index in [2.05, 4.69) is 26.5 Å². The van der Waals surface area contributed by atoms with Gasteiger partial charge in [0.05, 0.1) is 18.9 Å². The lowest BCUT2D eigenvalue weighted by molar-refractivity contribution is 0.0950. The van der Waals surface area contributed by atoms with E-state index in [9.17, 15) is 9.90 Å². The number of phenols is 1. The fourth-order valence-corrected chi connectivity index (χ4v) is 3.04. The Morgan fingerprint density at radius 2 is 1.83 bits per heavy atom. The number of amides is 1. The molecule has 7 heteroatoms. The number of aromatic hydroxyl groups is 1. The molecule has 0 unspecified atom stereocenters. The van der Waals surface area contributed by atoms with Crippen LogP contribution >= 0.6 is 15.9 Å². The summed E-state index contributed by atoms with van der Waals surface area (Å²) in [6.07, 6.45) is 1.34. The number of nitrogens with zero attached hydrogens (tertiary/aromatic N) is 1. The van der Waals surface area contributed by atoms with E-state index in [4.69, 9.17) is 9.47 Å². The van der Waals surface area contributed by atoms with Gasteiger partial charge in [-0.15, -0.1) is 0 Å². The minimum atomic E-state index is -0.425. The maximum atomic E-state index is 12.5. The van der Waals surface area contributed by atoms with Gasteiger partial charge in [0.2, 0.25) is 0 Å². The van der Waals surface area contributed by atoms with E-state index >= 15 is 0 Å². The molecule has 0 aliphatic heterocycles. The number of para-hydroxylation sites is 1. The van der Waals surface area contributed by atoms with Crippen LogP contribution in [0, 0.1) is 0 Å². The highest BCUT2D eigenvalue weighted by atomic mass is 79.9. The number of carbonyl (C=O) groups is 1. The summed E-state index contributed by atoms with van der Waals surface area (Å²) in [5.41, 5.74) is 4.20. The highest BCUT2D eigenvalue weighted by molar-refractivity contribution is 9.10. The number of hydrazone groups is 1. The van der Waals surface area contributed by atoms with Crippen molar-refractivity contribution in [2.45, 2.75) is 6.61 Å². The molecular weight excluding hydrogens is 436 g/mol. The van der Waals surface area contributed by atoms with E-state index in [1.165, 1.54) is 13.3 Å². The number of hydrogen-bond acceptors (Lipinski definition) is 5. The fraction of sp³-hybridized carbons (Fsp3) is 0.0909. The van der Waals surface area contributed by atoms with E-state index in [0.29, 0.717) is 33.7 Å². The van der Waals surface area contributed by atoms with Gasteiger partial charge in [0.1, 0.15) is 12.4 Å². The molecule has 2 N–H and O–H groups in total. The second kappa shape index (κ2) is 9.75. The summed E-state index contributed by atoms with van der Waals surface area (Å²) in [6.45, 7) is 0.347. The van der Waals surface area contributed by atoms with Gasteiger partial charge in [0.15, 0.2) is 11.5 Å². The van der Waals surface area contributed by atoms with Gasteiger partial charge in [0, 0.05) is 10.0 Å². The zero-order valence-electron chi connectivity index (χ0n) is 15.6. The van der Waals surface area contributed by atoms with E-state index < -0.39 is 5.91 Å². The van der Waals surface area contributed by atoms with Crippen molar-refractivity contribution in [3.8, 4) is 17.2 Å². The standard InChI is InChI=1S/C22H19BrN2O4/c1-28-20-12-17(23)11-16(21(20)26)13-24-25-22(27)18-9-5-6-10-19(18)29-14-15-7-3-2-4-8-15/h2-13,26H,14H2,1H3,(H,25,27)/b24-13+. The molecule has 0 bridgehead atoms. The number of rotatable bonds is 7. The summed E-state index contributed by atoms with van der Waals surface area (Å²) in [7, 11) is 1.45. The SMILES string of the molecule is COc1cc(Br)cc(/C=N/NC(=O)c2ccccc2OCc2ccccc2)c1O. The number of nitrogens with one attached hydrogen (secondary N) is 1. The summed E-state index contributed by atoms with van der Waals surface area (Å²) in [5, 5.41) is 14.1. The van der Waals surface area contributed by atoms with Crippen LogP contribution in [0.3, 0.4) is 0 Å². The second-order valence-corrected chi connectivity index (χ2v) is 6.93. The zero-order valence-corrected chi connectivity index (χ0v) is 17.2. The molecule has 0 aliphatic carbocycles. The van der Waals surface area contributed by atoms with E-state index in [0.717, 1.165) is 5.56 Å². The van der Waals surface area contributed by atoms with Gasteiger partial charge in [-0.2, -0.15) is 5.10 Å². The average molecular weight is 455 g/mol. The monoisotopic (exact) mass is 454 g/mol. The Morgan fingerprint density at radius 1 is 1.10 bits per heavy atom. The summed E-state index contributed by atoms with van der Waals surface area (Å²) in [6, 6.07) is 19.9. The first-order valence-electron chi connectivity index (χ1n) is 8.74. The van der Waals surface area contributed by atoms with Crippen molar-refractivity contribution in [1.82, 2.24) is 5.43 Å². The third kappa shape index (κ3) is 5.36. The topological polar surface area (TPSA) is 80.2 Å². The molecule has 0 aromatic heterocycles. The number of phenolic OH excluding ortho intramolecular Hbond substituents is 1. The third-order valence-corrected chi connectivity index (χ3v) is 4.49. The minimum absolute atomic E-state index is 0.0692. The Bertz CT molecular complexity index is 1020. The van der Waals surface area contributed by atoms with Crippen molar-refractivity contribution in [3.05, 3.63) is 87.9 Å². The Morgan fingerprint density at radius 3 is 2.59 bits per heavy atom. The lowest BCUT2D eigenvalue weighted by atomic mass is 10.2. The normalized spacial score (nSPS) is 10.7. The fourth-order valence-electron chi connectivity index (χ4n) is 2.58. The molecule has 0 radical (unpaired) electrons. The number of hydrogen-bond donors (Lipinski definition) is 2. The van der Waals surface area contributed by atoms with Gasteiger partial charge in [-0.3, -0.25) is 4.79 Å². The Kier molecular flexibility index (Phi) is 6.86. The number of benzene rings is 3. The molecule has 3 rings (SSSR count). The van der Waals surface area contributed by atoms with Gasteiger partial charge in [-0.25, -0.2) is 5.43 Å². The molecule has 3 aromatic carbocycles. The molecule has 0 heterocycles. The van der Waals surface area contributed by atoms with Crippen LogP contribution in [0.25, 0.3) is 0 Å². The summed E-state index contributed by atoms with van der Waals surface area (Å²) in [5.74, 6) is 0.259. The van der Waals surface area contributed by atoms with Crippen molar-refractivity contribution in [1.29, 1.82) is 0 Å². The average Bonchev–Trinajstić information content (AvgIpc) is 2.75. The number of ether oxygens (including phenoxy) is 2. The summed E-state index contributed by atoms with van der Waals surface area (Å²) in [4.78, 5) is 12.5. The first kappa shape index (κ1) is 20.4. The molecule has 1 amide bonds. The highest BCUT2D eigenvalue weighted by Gasteiger charge is 2.12. The van der Waals surface area contributed by atoms with Crippen molar-refractivity contribution >= 4 is 28.1 Å². The minimum Gasteiger partial charge on any atom is -0.504 e. The van der Waals surface area contributed by atoms with Crippen LogP contribution in [-0.4, -0.2) is 24.3 Å². The van der Waals surface area contributed by atoms with Gasteiger partial charge < -0.3 is 14.6 Å². The second-order valence-electron chi connectivity index (χ2n) is 6.02. The van der Waals surface area contributed by atoms with Gasteiger partial charge in [-0.05, 0) is 29.8 Å². The molecule has 0 aliphatic rings. The quantitative estimate of drug-likeness (QED) is 0.406. The molecule has 0 fully saturated rings. The van der Waals surface area contributed by atoms with Crippen LogP contribution in [0.4, 0.5) is 0 Å². The smallest absolute Gasteiger partial charge is 0.275 e. The summed E-state index contributed by atoms with van der Waals surface area (Å²) >= 11 is 3.33. The zero-order chi connectivity index (χ0) is 20.6. The maximum absolute atomic E-state index is 12.5. The van der Waals surface area contributed by atoms with Crippen LogP contribution in [-0.2, 0) is 6.61 Å². The lowest BCUT2D eigenvalue weighted by Gasteiger charge is -2.10. The molecular formula is C22H19BrN2O4. The molecule has 0 saturated heterocycles. The molecule has 0 atom stereocenters. The third-order valence-electron chi connectivity index (χ3n) is 4.03. The maximum Gasteiger partial charge on any atom is 0.275 e. The van der Waals surface area contributed by atoms with Crippen LogP contribution in [0.2, 0.25) is 0 Å². The van der Waals surface area contributed by atoms with Crippen molar-refractivity contribution in [2.24, 2.45) is 5.10 Å². The first-order valence-corrected chi connectivity index (χ1v) is 9.53. The molecule has 3 aromatic rings. The van der Waals surface area contributed by atoms with E-state index in [1.807, 2.05) is 30.3 Å². The highest BCUT2D eigenvalue weighted by Crippen LogP contribution is 2.32. The lowest BCUT2D eigenvalue weighted by Crippen LogP contribution is -2.18. The van der Waals surface area contributed by atoms with Crippen LogP contribution in [0.15, 0.2) is 76.3 Å².